The zero-order chi connectivity index (χ0) is 50.4. The van der Waals surface area contributed by atoms with Crippen LogP contribution in [0.1, 0.15) is 88.2 Å². The van der Waals surface area contributed by atoms with E-state index in [0.29, 0.717) is 69.4 Å². The van der Waals surface area contributed by atoms with E-state index in [9.17, 15) is 37.6 Å². The summed E-state index contributed by atoms with van der Waals surface area (Å²) in [6, 6.07) is 16.5. The molecule has 1 aromatic heterocycles. The predicted molar refractivity (Wildman–Crippen MR) is 262 cm³/mol. The number of carbonyl (C=O) groups is 4. The van der Waals surface area contributed by atoms with Crippen LogP contribution in [0.25, 0.3) is 10.4 Å². The van der Waals surface area contributed by atoms with Gasteiger partial charge >= 0.3 is 6.18 Å². The first-order chi connectivity index (χ1) is 32.5. The number of halogens is 4. The molecule has 3 aromatic carbocycles. The number of nitriles is 1. The lowest BCUT2D eigenvalue weighted by molar-refractivity contribution is -0.144. The highest BCUT2D eigenvalue weighted by Crippen LogP contribution is 2.38. The molecule has 3 amide bonds. The lowest BCUT2D eigenvalue weighted by atomic mass is 9.85. The first-order valence-corrected chi connectivity index (χ1v) is 23.9. The van der Waals surface area contributed by atoms with E-state index in [1.807, 2.05) is 62.4 Å². The van der Waals surface area contributed by atoms with Crippen molar-refractivity contribution in [1.82, 2.24) is 25.4 Å². The molecular weight excluding hydrogens is 929 g/mol. The van der Waals surface area contributed by atoms with E-state index in [-0.39, 0.29) is 35.3 Å². The van der Waals surface area contributed by atoms with Gasteiger partial charge < -0.3 is 30.1 Å². The number of piperidine rings is 1. The normalized spacial score (nSPS) is 16.1. The largest absolute Gasteiger partial charge is 0.420 e. The smallest absolute Gasteiger partial charge is 0.350 e. The summed E-state index contributed by atoms with van der Waals surface area (Å²) in [6.45, 7) is 12.8. The Kier molecular flexibility index (Phi) is 16.3. The average molecular weight is 985 g/mol. The molecule has 0 aliphatic carbocycles. The van der Waals surface area contributed by atoms with Crippen molar-refractivity contribution in [2.24, 2.45) is 11.3 Å². The minimum Gasteiger partial charge on any atom is -0.350 e. The summed E-state index contributed by atoms with van der Waals surface area (Å²) in [7, 11) is 1.28. The summed E-state index contributed by atoms with van der Waals surface area (Å²) >= 11 is 7.23. The zero-order valence-electron chi connectivity index (χ0n) is 39.7. The van der Waals surface area contributed by atoms with Crippen molar-refractivity contribution in [1.29, 1.82) is 5.26 Å². The number of aromatic nitrogens is 1. The predicted octanol–water partition coefficient (Wildman–Crippen LogP) is 8.26. The molecule has 2 saturated heterocycles. The summed E-state index contributed by atoms with van der Waals surface area (Å²) in [5.41, 5.74) is 0.809. The number of carbonyl (C=O) groups excluding carboxylic acids is 4. The Labute approximate surface area is 410 Å². The summed E-state index contributed by atoms with van der Waals surface area (Å²) in [4.78, 5) is 64.9. The SMILES string of the molecule is Cc1ncsc1-c1ccc(CNC(=O)C2CCCN2C(=O)C(NC(=O)CN2CCC(C#Cc3ccc(N(C(=S)N(C)c4ccc(C#N)c(C(F)(F)F)c4F)C(C)(C)C=O)cc3)CC2)C(C)(C)C)cc1. The van der Waals surface area contributed by atoms with Crippen LogP contribution in [0.4, 0.5) is 28.9 Å². The topological polar surface area (TPSA) is 142 Å². The van der Waals surface area contributed by atoms with Gasteiger partial charge in [0, 0.05) is 37.3 Å². The van der Waals surface area contributed by atoms with Gasteiger partial charge in [-0.05, 0) is 125 Å². The van der Waals surface area contributed by atoms with Gasteiger partial charge in [-0.3, -0.25) is 19.3 Å². The van der Waals surface area contributed by atoms with Crippen LogP contribution in [0.3, 0.4) is 0 Å². The van der Waals surface area contributed by atoms with Crippen LogP contribution in [-0.2, 0) is 31.9 Å². The summed E-state index contributed by atoms with van der Waals surface area (Å²) < 4.78 is 56.8. The number of benzene rings is 3. The molecular formula is C51H56F4N8O4S2. The van der Waals surface area contributed by atoms with Crippen molar-refractivity contribution in [2.75, 3.05) is 43.0 Å². The van der Waals surface area contributed by atoms with Crippen molar-refractivity contribution in [3.05, 3.63) is 99.9 Å². The molecule has 2 atom stereocenters. The molecule has 12 nitrogen and oxygen atoms in total. The van der Waals surface area contributed by atoms with Crippen molar-refractivity contribution < 1.29 is 36.7 Å². The van der Waals surface area contributed by atoms with Gasteiger partial charge in [0.25, 0.3) is 0 Å². The van der Waals surface area contributed by atoms with Gasteiger partial charge in [0.1, 0.15) is 23.9 Å². The van der Waals surface area contributed by atoms with E-state index in [1.165, 1.54) is 18.0 Å². The number of hydrogen-bond acceptors (Lipinski definition) is 9. The fraction of sp³-hybridized carbons (Fsp3) is 0.431. The second-order valence-electron chi connectivity index (χ2n) is 19.0. The molecule has 0 saturated carbocycles. The zero-order valence-corrected chi connectivity index (χ0v) is 41.3. The monoisotopic (exact) mass is 984 g/mol. The first-order valence-electron chi connectivity index (χ1n) is 22.6. The van der Waals surface area contributed by atoms with E-state index in [4.69, 9.17) is 12.2 Å². The molecule has 2 fully saturated rings. The highest BCUT2D eigenvalue weighted by atomic mass is 32.1. The van der Waals surface area contributed by atoms with Crippen molar-refractivity contribution in [3.63, 3.8) is 0 Å². The van der Waals surface area contributed by atoms with Gasteiger partial charge in [-0.25, -0.2) is 9.37 Å². The Hall–Kier alpha value is -6.21. The van der Waals surface area contributed by atoms with Crippen molar-refractivity contribution in [2.45, 2.75) is 97.6 Å². The number of alkyl halides is 3. The van der Waals surface area contributed by atoms with E-state index >= 15 is 4.39 Å². The van der Waals surface area contributed by atoms with E-state index < -0.39 is 51.8 Å². The third-order valence-corrected chi connectivity index (χ3v) is 13.9. The highest BCUT2D eigenvalue weighted by molar-refractivity contribution is 7.80. The Morgan fingerprint density at radius 1 is 0.986 bits per heavy atom. The number of nitrogens with zero attached hydrogens (tertiary/aromatic N) is 6. The summed E-state index contributed by atoms with van der Waals surface area (Å²) in [5, 5.41) is 15.0. The van der Waals surface area contributed by atoms with Crippen LogP contribution in [-0.4, -0.2) is 94.8 Å². The van der Waals surface area contributed by atoms with E-state index in [0.717, 1.165) is 38.7 Å². The lowest BCUT2D eigenvalue weighted by Crippen LogP contribution is -2.58. The molecule has 2 aliphatic rings. The molecule has 3 heterocycles. The van der Waals surface area contributed by atoms with E-state index in [2.05, 4.69) is 27.5 Å². The van der Waals surface area contributed by atoms with Gasteiger partial charge in [0.2, 0.25) is 17.7 Å². The number of aryl methyl sites for hydroxylation is 1. The molecule has 6 rings (SSSR count). The van der Waals surface area contributed by atoms with Gasteiger partial charge in [-0.2, -0.15) is 18.4 Å². The van der Waals surface area contributed by atoms with Crippen LogP contribution < -0.4 is 20.4 Å². The third kappa shape index (κ3) is 12.3. The molecule has 0 spiro atoms. The number of anilines is 2. The molecule has 4 aromatic rings. The number of amides is 3. The third-order valence-electron chi connectivity index (χ3n) is 12.4. The molecule has 2 N–H and O–H groups in total. The molecule has 18 heteroatoms. The number of hydrogen-bond donors (Lipinski definition) is 2. The molecule has 0 bridgehead atoms. The Morgan fingerprint density at radius 3 is 2.23 bits per heavy atom. The minimum absolute atomic E-state index is 0.0363. The second-order valence-corrected chi connectivity index (χ2v) is 20.2. The number of aldehydes is 1. The molecule has 0 radical (unpaired) electrons. The summed E-state index contributed by atoms with van der Waals surface area (Å²) in [5.74, 6) is 4.09. The van der Waals surface area contributed by atoms with Crippen LogP contribution in [0, 0.1) is 47.2 Å². The number of nitrogens with one attached hydrogen (secondary N) is 2. The number of thiazole rings is 1. The van der Waals surface area contributed by atoms with Crippen LogP contribution in [0.5, 0.6) is 0 Å². The second kappa shape index (κ2) is 21.6. The Bertz CT molecular complexity index is 2660. The highest BCUT2D eigenvalue weighted by Gasteiger charge is 2.43. The van der Waals surface area contributed by atoms with E-state index in [1.54, 1.807) is 54.3 Å². The first kappa shape index (κ1) is 52.2. The van der Waals surface area contributed by atoms with Crippen LogP contribution in [0.15, 0.2) is 66.2 Å². The number of thiocarbonyl (C=S) groups is 1. The van der Waals surface area contributed by atoms with Gasteiger partial charge in [0.15, 0.2) is 10.9 Å². The minimum atomic E-state index is -5.14. The quantitative estimate of drug-likeness (QED) is 0.0617. The fourth-order valence-electron chi connectivity index (χ4n) is 8.49. The fourth-order valence-corrected chi connectivity index (χ4v) is 9.74. The number of rotatable bonds is 12. The maximum atomic E-state index is 15.4. The van der Waals surface area contributed by atoms with Gasteiger partial charge in [0.05, 0.1) is 45.5 Å². The Balaban J connectivity index is 1.02. The van der Waals surface area contributed by atoms with Crippen molar-refractivity contribution in [3.8, 4) is 28.4 Å². The molecule has 69 heavy (non-hydrogen) atoms. The average Bonchev–Trinajstić information content (AvgIpc) is 3.98. The number of likely N-dealkylation sites (tertiary alicyclic amines) is 2. The van der Waals surface area contributed by atoms with Gasteiger partial charge in [-0.15, -0.1) is 11.3 Å². The molecule has 2 aliphatic heterocycles. The van der Waals surface area contributed by atoms with Crippen LogP contribution >= 0.6 is 23.6 Å². The van der Waals surface area contributed by atoms with Crippen LogP contribution in [0.2, 0.25) is 0 Å². The molecule has 2 unspecified atom stereocenters. The maximum Gasteiger partial charge on any atom is 0.420 e. The lowest BCUT2D eigenvalue weighted by Gasteiger charge is -2.39. The molecule has 364 valence electrons. The van der Waals surface area contributed by atoms with Crippen molar-refractivity contribution >= 4 is 64.0 Å². The Morgan fingerprint density at radius 2 is 1.65 bits per heavy atom. The summed E-state index contributed by atoms with van der Waals surface area (Å²) in [6.07, 6.45) is -1.91. The maximum absolute atomic E-state index is 15.4. The van der Waals surface area contributed by atoms with Gasteiger partial charge in [-0.1, -0.05) is 56.9 Å². The standard InChI is InChI=1S/C51H56F4N8O4S2/c1-32-44(69-31-58-32)36-16-12-35(13-17-36)28-57-46(66)40-9-8-24-62(40)47(67)45(49(2,3)4)59-41(65)29-61-25-22-34(23-26-61)11-10-33-14-19-38(20-15-33)63(50(5,6)30-64)48(68)60(7)39-21-18-37(27-56)42(43(39)52)51(53,54)55/h12-21,30-31,34,40,45H,8-9,22-26,28-29H2,1-7H3,(H,57,66)(H,59,65).